The topological polar surface area (TPSA) is 111 Å². The van der Waals surface area contributed by atoms with Gasteiger partial charge in [0.05, 0.1) is 10.6 Å². The van der Waals surface area contributed by atoms with Crippen LogP contribution in [0.4, 0.5) is 5.69 Å². The minimum atomic E-state index is -1.08. The summed E-state index contributed by atoms with van der Waals surface area (Å²) in [7, 11) is 0. The second-order valence-electron chi connectivity index (χ2n) is 9.68. The van der Waals surface area contributed by atoms with E-state index in [0.29, 0.717) is 79.9 Å². The molecule has 0 unspecified atom stereocenters. The Balaban J connectivity index is 1.28. The summed E-state index contributed by atoms with van der Waals surface area (Å²) in [5.41, 5.74) is -0.653. The summed E-state index contributed by atoms with van der Waals surface area (Å²) >= 11 is 7.54. The SMILES string of the molecule is O=C(CN1C(=O)COc2ccc(Cl)cc21)NC1(C(=O)N2CCCN(C(=O)c3cccs3)CC2)CCNCC1. The Kier molecular flexibility index (Phi) is 7.87. The third kappa shape index (κ3) is 5.50. The number of thiophene rings is 1. The van der Waals surface area contributed by atoms with Crippen molar-refractivity contribution in [3.63, 3.8) is 0 Å². The van der Waals surface area contributed by atoms with E-state index in [1.165, 1.54) is 16.2 Å². The molecule has 38 heavy (non-hydrogen) atoms. The molecule has 12 heteroatoms. The Morgan fingerprint density at radius 1 is 1.08 bits per heavy atom. The molecule has 2 fully saturated rings. The molecule has 0 aliphatic carbocycles. The molecule has 4 heterocycles. The molecule has 3 aliphatic rings. The first-order valence-corrected chi connectivity index (χ1v) is 14.0. The van der Waals surface area contributed by atoms with Gasteiger partial charge in [-0.1, -0.05) is 17.7 Å². The van der Waals surface area contributed by atoms with Crippen molar-refractivity contribution in [2.45, 2.75) is 24.8 Å². The van der Waals surface area contributed by atoms with Crippen LogP contribution in [0.5, 0.6) is 5.75 Å². The number of benzene rings is 1. The van der Waals surface area contributed by atoms with E-state index < -0.39 is 11.4 Å². The van der Waals surface area contributed by atoms with E-state index >= 15 is 0 Å². The highest BCUT2D eigenvalue weighted by Gasteiger charge is 2.44. The molecule has 0 atom stereocenters. The number of nitrogens with zero attached hydrogens (tertiary/aromatic N) is 3. The van der Waals surface area contributed by atoms with Crippen molar-refractivity contribution in [1.29, 1.82) is 0 Å². The Morgan fingerprint density at radius 3 is 2.61 bits per heavy atom. The van der Waals surface area contributed by atoms with Crippen molar-refractivity contribution in [3.8, 4) is 5.75 Å². The summed E-state index contributed by atoms with van der Waals surface area (Å²) in [6.45, 7) is 2.65. The number of amides is 4. The summed E-state index contributed by atoms with van der Waals surface area (Å²) < 4.78 is 5.47. The number of carbonyl (C=O) groups excluding carboxylic acids is 4. The van der Waals surface area contributed by atoms with Crippen molar-refractivity contribution in [2.75, 3.05) is 57.3 Å². The minimum Gasteiger partial charge on any atom is -0.482 e. The van der Waals surface area contributed by atoms with Gasteiger partial charge in [0.2, 0.25) is 11.8 Å². The molecule has 202 valence electrons. The molecule has 0 bridgehead atoms. The highest BCUT2D eigenvalue weighted by atomic mass is 35.5. The number of ether oxygens (including phenoxy) is 1. The summed E-state index contributed by atoms with van der Waals surface area (Å²) in [6.07, 6.45) is 1.53. The zero-order valence-corrected chi connectivity index (χ0v) is 22.5. The molecule has 1 aromatic carbocycles. The maximum Gasteiger partial charge on any atom is 0.265 e. The number of hydrogen-bond donors (Lipinski definition) is 2. The third-order valence-electron chi connectivity index (χ3n) is 7.21. The lowest BCUT2D eigenvalue weighted by atomic mass is 9.86. The van der Waals surface area contributed by atoms with Crippen LogP contribution in [0.2, 0.25) is 5.02 Å². The quantitative estimate of drug-likeness (QED) is 0.577. The van der Waals surface area contributed by atoms with E-state index in [1.807, 2.05) is 17.5 Å². The normalized spacial score (nSPS) is 19.3. The molecular weight excluding hydrogens is 530 g/mol. The zero-order chi connectivity index (χ0) is 26.7. The molecule has 0 radical (unpaired) electrons. The smallest absolute Gasteiger partial charge is 0.265 e. The second-order valence-corrected chi connectivity index (χ2v) is 11.1. The predicted molar refractivity (Wildman–Crippen MR) is 144 cm³/mol. The van der Waals surface area contributed by atoms with Crippen LogP contribution in [0.3, 0.4) is 0 Å². The van der Waals surface area contributed by atoms with Gasteiger partial charge in [-0.05, 0) is 62.0 Å². The van der Waals surface area contributed by atoms with Crippen molar-refractivity contribution >= 4 is 52.3 Å². The standard InChI is InChI=1S/C26H30ClN5O5S/c27-18-4-5-20-19(15-18)32(23(34)17-37-20)16-22(33)29-26(6-8-28-9-7-26)25(36)31-11-2-10-30(12-13-31)24(35)21-3-1-14-38-21/h1,3-5,14-15,28H,2,6-13,16-17H2,(H,29,33). The van der Waals surface area contributed by atoms with Crippen LogP contribution < -0.4 is 20.3 Å². The van der Waals surface area contributed by atoms with Gasteiger partial charge in [-0.15, -0.1) is 11.3 Å². The zero-order valence-electron chi connectivity index (χ0n) is 20.9. The van der Waals surface area contributed by atoms with Gasteiger partial charge in [0.1, 0.15) is 17.8 Å². The Hall–Kier alpha value is -3.15. The molecule has 2 saturated heterocycles. The van der Waals surface area contributed by atoms with Crippen molar-refractivity contribution in [3.05, 3.63) is 45.6 Å². The number of fused-ring (bicyclic) bond motifs is 1. The summed E-state index contributed by atoms with van der Waals surface area (Å²) in [4.78, 5) is 58.3. The van der Waals surface area contributed by atoms with Crippen LogP contribution in [-0.4, -0.2) is 91.4 Å². The van der Waals surface area contributed by atoms with Gasteiger partial charge in [0, 0.05) is 31.2 Å². The fraction of sp³-hybridized carbons (Fsp3) is 0.462. The van der Waals surface area contributed by atoms with E-state index in [1.54, 1.807) is 28.0 Å². The van der Waals surface area contributed by atoms with Gasteiger partial charge in [-0.25, -0.2) is 0 Å². The number of rotatable bonds is 5. The maximum absolute atomic E-state index is 13.9. The van der Waals surface area contributed by atoms with Crippen LogP contribution in [0.15, 0.2) is 35.7 Å². The molecule has 5 rings (SSSR count). The van der Waals surface area contributed by atoms with Gasteiger partial charge in [0.15, 0.2) is 6.61 Å². The van der Waals surface area contributed by atoms with E-state index in [0.717, 1.165) is 0 Å². The molecule has 2 aromatic rings. The van der Waals surface area contributed by atoms with E-state index in [9.17, 15) is 19.2 Å². The lowest BCUT2D eigenvalue weighted by Gasteiger charge is -2.41. The van der Waals surface area contributed by atoms with Crippen molar-refractivity contribution < 1.29 is 23.9 Å². The summed E-state index contributed by atoms with van der Waals surface area (Å²) in [5, 5.41) is 8.56. The van der Waals surface area contributed by atoms with Gasteiger partial charge >= 0.3 is 0 Å². The Morgan fingerprint density at radius 2 is 1.84 bits per heavy atom. The molecule has 10 nitrogen and oxygen atoms in total. The predicted octanol–water partition coefficient (Wildman–Crippen LogP) is 1.74. The molecule has 2 N–H and O–H groups in total. The van der Waals surface area contributed by atoms with Crippen LogP contribution in [0, 0.1) is 0 Å². The van der Waals surface area contributed by atoms with Crippen molar-refractivity contribution in [2.24, 2.45) is 0 Å². The van der Waals surface area contributed by atoms with E-state index in [4.69, 9.17) is 16.3 Å². The number of halogens is 1. The van der Waals surface area contributed by atoms with Crippen LogP contribution in [0.1, 0.15) is 28.9 Å². The maximum atomic E-state index is 13.9. The van der Waals surface area contributed by atoms with Gasteiger partial charge < -0.3 is 25.2 Å². The number of hydrogen-bond acceptors (Lipinski definition) is 7. The molecule has 4 amide bonds. The highest BCUT2D eigenvalue weighted by molar-refractivity contribution is 7.12. The third-order valence-corrected chi connectivity index (χ3v) is 8.31. The Bertz CT molecular complexity index is 1220. The summed E-state index contributed by atoms with van der Waals surface area (Å²) in [6, 6.07) is 8.58. The molecule has 3 aliphatic heterocycles. The average Bonchev–Trinajstić information content (AvgIpc) is 3.35. The second kappa shape index (κ2) is 11.3. The van der Waals surface area contributed by atoms with Crippen LogP contribution in [-0.2, 0) is 14.4 Å². The molecule has 1 aromatic heterocycles. The minimum absolute atomic E-state index is 0.0188. The van der Waals surface area contributed by atoms with Gasteiger partial charge in [-0.2, -0.15) is 0 Å². The van der Waals surface area contributed by atoms with E-state index in [2.05, 4.69) is 10.6 Å². The van der Waals surface area contributed by atoms with Crippen molar-refractivity contribution in [1.82, 2.24) is 20.4 Å². The largest absolute Gasteiger partial charge is 0.482 e. The van der Waals surface area contributed by atoms with Crippen LogP contribution >= 0.6 is 22.9 Å². The molecule has 0 spiro atoms. The first-order valence-electron chi connectivity index (χ1n) is 12.7. The average molecular weight is 560 g/mol. The fourth-order valence-corrected chi connectivity index (χ4v) is 6.08. The number of anilines is 1. The lowest BCUT2D eigenvalue weighted by molar-refractivity contribution is -0.143. The van der Waals surface area contributed by atoms with Gasteiger partial charge in [0.25, 0.3) is 11.8 Å². The molecule has 0 saturated carbocycles. The Labute approximate surface area is 229 Å². The monoisotopic (exact) mass is 559 g/mol. The highest BCUT2D eigenvalue weighted by Crippen LogP contribution is 2.34. The van der Waals surface area contributed by atoms with E-state index in [-0.39, 0.29) is 30.9 Å². The first kappa shape index (κ1) is 26.5. The number of carbonyl (C=O) groups is 4. The van der Waals surface area contributed by atoms with Crippen LogP contribution in [0.25, 0.3) is 0 Å². The first-order chi connectivity index (χ1) is 18.4. The summed E-state index contributed by atoms with van der Waals surface area (Å²) in [5.74, 6) is -0.473. The number of nitrogens with one attached hydrogen (secondary N) is 2. The fourth-order valence-electron chi connectivity index (χ4n) is 5.23. The molecular formula is C26H30ClN5O5S. The van der Waals surface area contributed by atoms with Gasteiger partial charge in [-0.3, -0.25) is 24.1 Å². The number of piperidine rings is 1. The lowest BCUT2D eigenvalue weighted by Crippen LogP contribution is -2.65.